The van der Waals surface area contributed by atoms with Crippen LogP contribution in [0.15, 0.2) is 36.8 Å². The Bertz CT molecular complexity index is 1040. The first-order valence-corrected chi connectivity index (χ1v) is 13.5. The third kappa shape index (κ3) is 6.64. The van der Waals surface area contributed by atoms with Gasteiger partial charge in [-0.25, -0.2) is 9.97 Å². The van der Waals surface area contributed by atoms with Crippen LogP contribution in [0.25, 0.3) is 0 Å². The van der Waals surface area contributed by atoms with Crippen LogP contribution in [0.1, 0.15) is 55.3 Å². The van der Waals surface area contributed by atoms with Crippen molar-refractivity contribution in [3.63, 3.8) is 0 Å². The molecular formula is C28H39N5O4. The van der Waals surface area contributed by atoms with E-state index in [1.807, 2.05) is 23.1 Å². The van der Waals surface area contributed by atoms with Crippen molar-refractivity contribution in [1.29, 1.82) is 0 Å². The number of ether oxygens (including phenoxy) is 1. The summed E-state index contributed by atoms with van der Waals surface area (Å²) in [5.74, 6) is -0.730. The Labute approximate surface area is 219 Å². The largest absolute Gasteiger partial charge is 0.493 e. The lowest BCUT2D eigenvalue weighted by atomic mass is 9.83. The molecular weight excluding hydrogens is 470 g/mol. The Hall–Kier alpha value is -3.04. The number of unbranched alkanes of at least 4 members (excludes halogenated alkanes) is 1. The summed E-state index contributed by atoms with van der Waals surface area (Å²) in [5, 5.41) is 10.4. The van der Waals surface area contributed by atoms with Gasteiger partial charge in [0.15, 0.2) is 0 Å². The number of nitrogens with zero attached hydrogens (tertiary/aromatic N) is 4. The number of carbonyl (C=O) groups excluding carboxylic acids is 1. The highest BCUT2D eigenvalue weighted by atomic mass is 16.5. The zero-order valence-electron chi connectivity index (χ0n) is 21.7. The van der Waals surface area contributed by atoms with Crippen LogP contribution in [0, 0.1) is 5.92 Å². The summed E-state index contributed by atoms with van der Waals surface area (Å²) in [6.07, 6.45) is 7.96. The van der Waals surface area contributed by atoms with Crippen LogP contribution in [0.3, 0.4) is 0 Å². The van der Waals surface area contributed by atoms with Crippen molar-refractivity contribution >= 4 is 11.9 Å². The normalized spacial score (nSPS) is 21.0. The first kappa shape index (κ1) is 27.0. The van der Waals surface area contributed by atoms with Gasteiger partial charge in [-0.2, -0.15) is 0 Å². The molecule has 1 amide bonds. The quantitative estimate of drug-likeness (QED) is 0.422. The molecule has 3 heterocycles. The zero-order valence-corrected chi connectivity index (χ0v) is 21.7. The summed E-state index contributed by atoms with van der Waals surface area (Å²) in [6, 6.07) is 7.63. The average molecular weight is 510 g/mol. The van der Waals surface area contributed by atoms with Gasteiger partial charge >= 0.3 is 5.97 Å². The maximum absolute atomic E-state index is 13.5. The summed E-state index contributed by atoms with van der Waals surface area (Å²) in [5.41, 5.74) is 8.73. The molecule has 9 nitrogen and oxygen atoms in total. The van der Waals surface area contributed by atoms with Gasteiger partial charge in [-0.3, -0.25) is 14.5 Å². The van der Waals surface area contributed by atoms with Crippen molar-refractivity contribution < 1.29 is 19.4 Å². The highest BCUT2D eigenvalue weighted by Crippen LogP contribution is 2.41. The predicted molar refractivity (Wildman–Crippen MR) is 140 cm³/mol. The minimum atomic E-state index is -0.824. The number of aliphatic carboxylic acids is 1. The van der Waals surface area contributed by atoms with Crippen molar-refractivity contribution in [2.45, 2.75) is 57.4 Å². The number of carboxylic acids is 1. The zero-order chi connectivity index (χ0) is 26.2. The van der Waals surface area contributed by atoms with E-state index in [0.29, 0.717) is 45.6 Å². The third-order valence-corrected chi connectivity index (χ3v) is 7.62. The van der Waals surface area contributed by atoms with Crippen molar-refractivity contribution in [2.24, 2.45) is 11.7 Å². The van der Waals surface area contributed by atoms with Gasteiger partial charge in [-0.1, -0.05) is 25.5 Å². The van der Waals surface area contributed by atoms with Crippen LogP contribution in [0.2, 0.25) is 0 Å². The lowest BCUT2D eigenvalue weighted by Crippen LogP contribution is -2.45. The topological polar surface area (TPSA) is 122 Å². The molecule has 0 spiro atoms. The number of aryl methyl sites for hydroxylation is 1. The molecule has 1 aromatic carbocycles. The Morgan fingerprint density at radius 1 is 1.24 bits per heavy atom. The van der Waals surface area contributed by atoms with E-state index in [2.05, 4.69) is 27.9 Å². The molecule has 1 saturated heterocycles. The van der Waals surface area contributed by atoms with Crippen LogP contribution in [0.4, 0.5) is 0 Å². The molecule has 0 saturated carbocycles. The van der Waals surface area contributed by atoms with E-state index in [9.17, 15) is 14.7 Å². The molecule has 37 heavy (non-hydrogen) atoms. The van der Waals surface area contributed by atoms with Crippen LogP contribution < -0.4 is 10.5 Å². The minimum Gasteiger partial charge on any atom is -0.493 e. The first-order chi connectivity index (χ1) is 18.0. The number of nitrogens with two attached hydrogens (primary N) is 1. The van der Waals surface area contributed by atoms with E-state index in [0.717, 1.165) is 48.3 Å². The molecule has 0 bridgehead atoms. The summed E-state index contributed by atoms with van der Waals surface area (Å²) in [6.45, 7) is 5.36. The Morgan fingerprint density at radius 3 is 2.81 bits per heavy atom. The second kappa shape index (κ2) is 13.0. The maximum atomic E-state index is 13.5. The Kier molecular flexibility index (Phi) is 9.46. The van der Waals surface area contributed by atoms with Crippen molar-refractivity contribution in [2.75, 3.05) is 39.3 Å². The van der Waals surface area contributed by atoms with Crippen LogP contribution in [-0.2, 0) is 22.4 Å². The number of hydrogen-bond donors (Lipinski definition) is 2. The Morgan fingerprint density at radius 2 is 2.08 bits per heavy atom. The molecule has 1 fully saturated rings. The van der Waals surface area contributed by atoms with Gasteiger partial charge in [0.2, 0.25) is 5.91 Å². The fourth-order valence-corrected chi connectivity index (χ4v) is 5.66. The number of hydrogen-bond acceptors (Lipinski definition) is 7. The van der Waals surface area contributed by atoms with Gasteiger partial charge in [0.1, 0.15) is 12.1 Å². The van der Waals surface area contributed by atoms with Crippen molar-refractivity contribution in [3.8, 4) is 5.75 Å². The summed E-state index contributed by atoms with van der Waals surface area (Å²) < 4.78 is 5.67. The van der Waals surface area contributed by atoms with Gasteiger partial charge in [0.05, 0.1) is 19.1 Å². The summed E-state index contributed by atoms with van der Waals surface area (Å²) in [7, 11) is 0. The molecule has 0 radical (unpaired) electrons. The second-order valence-corrected chi connectivity index (χ2v) is 10.0. The molecule has 3 atom stereocenters. The van der Waals surface area contributed by atoms with Gasteiger partial charge < -0.3 is 20.5 Å². The lowest BCUT2D eigenvalue weighted by Gasteiger charge is -2.29. The standard InChI is InChI=1S/C28H39N5O4/c1-2-3-13-32(14-4-11-29)26(34)18-33-17-23(20-5-8-25-21(16-20)10-15-37-25)27(28(35)36)24(33)7-6-22-9-12-30-19-31-22/h5,8-9,12,16,19,23-24,27H,2-4,6-7,10-11,13-15,17-18,29H2,1H3,(H,35,36). The van der Waals surface area contributed by atoms with Crippen LogP contribution in [-0.4, -0.2) is 82.1 Å². The Balaban J connectivity index is 1.59. The average Bonchev–Trinajstić information content (AvgIpc) is 3.52. The van der Waals surface area contributed by atoms with Crippen LogP contribution >= 0.6 is 0 Å². The van der Waals surface area contributed by atoms with Gasteiger partial charge in [0, 0.05) is 49.9 Å². The third-order valence-electron chi connectivity index (χ3n) is 7.62. The van der Waals surface area contributed by atoms with E-state index >= 15 is 0 Å². The van der Waals surface area contributed by atoms with Crippen LogP contribution in [0.5, 0.6) is 5.75 Å². The van der Waals surface area contributed by atoms with E-state index in [1.165, 1.54) is 6.33 Å². The fraction of sp³-hybridized carbons (Fsp3) is 0.571. The number of rotatable bonds is 13. The van der Waals surface area contributed by atoms with Crippen molar-refractivity contribution in [3.05, 3.63) is 53.6 Å². The SMILES string of the molecule is CCCCN(CCCN)C(=O)CN1CC(c2ccc3c(c2)CCO3)C(C(=O)O)C1CCc1ccncn1. The maximum Gasteiger partial charge on any atom is 0.308 e. The summed E-state index contributed by atoms with van der Waals surface area (Å²) >= 11 is 0. The molecule has 200 valence electrons. The number of likely N-dealkylation sites (tertiary alicyclic amines) is 1. The number of aromatic nitrogens is 2. The fourth-order valence-electron chi connectivity index (χ4n) is 5.66. The monoisotopic (exact) mass is 509 g/mol. The molecule has 2 aromatic rings. The molecule has 9 heteroatoms. The highest BCUT2D eigenvalue weighted by Gasteiger charge is 2.47. The van der Waals surface area contributed by atoms with Gasteiger partial charge in [-0.05, 0) is 55.5 Å². The molecule has 2 aliphatic heterocycles. The molecule has 3 N–H and O–H groups in total. The van der Waals surface area contributed by atoms with E-state index in [1.54, 1.807) is 6.20 Å². The highest BCUT2D eigenvalue weighted by molar-refractivity contribution is 5.79. The molecule has 0 aliphatic carbocycles. The number of carboxylic acid groups (broad SMARTS) is 1. The van der Waals surface area contributed by atoms with E-state index in [-0.39, 0.29) is 24.4 Å². The molecule has 3 unspecified atom stereocenters. The molecule has 4 rings (SSSR count). The van der Waals surface area contributed by atoms with E-state index < -0.39 is 11.9 Å². The van der Waals surface area contributed by atoms with E-state index in [4.69, 9.17) is 10.5 Å². The van der Waals surface area contributed by atoms with Gasteiger partial charge in [-0.15, -0.1) is 0 Å². The summed E-state index contributed by atoms with van der Waals surface area (Å²) in [4.78, 5) is 38.5. The number of benzene rings is 1. The number of amides is 1. The van der Waals surface area contributed by atoms with Crippen molar-refractivity contribution in [1.82, 2.24) is 19.8 Å². The number of carbonyl (C=O) groups is 2. The molecule has 1 aromatic heterocycles. The molecule has 2 aliphatic rings. The van der Waals surface area contributed by atoms with Gasteiger partial charge in [0.25, 0.3) is 0 Å². The smallest absolute Gasteiger partial charge is 0.308 e. The second-order valence-electron chi connectivity index (χ2n) is 10.0. The minimum absolute atomic E-state index is 0.0427. The first-order valence-electron chi connectivity index (χ1n) is 13.5. The predicted octanol–water partition coefficient (Wildman–Crippen LogP) is 2.49. The number of fused-ring (bicyclic) bond motifs is 1. The lowest BCUT2D eigenvalue weighted by molar-refractivity contribution is -0.143.